The highest BCUT2D eigenvalue weighted by Crippen LogP contribution is 2.15. The third kappa shape index (κ3) is 1.53. The Bertz CT molecular complexity index is 207. The molecular weight excluding hydrogens is 146 g/mol. The molecule has 56 valence electrons. The molecule has 0 atom stereocenters. The van der Waals surface area contributed by atoms with Crippen LogP contribution in [0.1, 0.15) is 31.4 Å². The molecule has 0 unspecified atom stereocenters. The van der Waals surface area contributed by atoms with Crippen molar-refractivity contribution >= 4 is 12.6 Å². The van der Waals surface area contributed by atoms with Gasteiger partial charge in [0.05, 0.1) is 11.9 Å². The van der Waals surface area contributed by atoms with E-state index in [0.717, 1.165) is 5.76 Å². The average Bonchev–Trinajstić information content (AvgIpc) is 2.34. The topological polar surface area (TPSA) is 26.0 Å². The number of hydrogen-bond donors (Lipinski definition) is 1. The van der Waals surface area contributed by atoms with E-state index in [1.807, 2.05) is 0 Å². The van der Waals surface area contributed by atoms with Gasteiger partial charge in [-0.05, 0) is 0 Å². The first kappa shape index (κ1) is 7.66. The van der Waals surface area contributed by atoms with Crippen LogP contribution in [0.5, 0.6) is 0 Å². The molecule has 0 aromatic carbocycles. The lowest BCUT2D eigenvalue weighted by atomic mass is 10.2. The van der Waals surface area contributed by atoms with E-state index in [4.69, 9.17) is 4.42 Å². The molecular formula is C7H11NOS. The lowest BCUT2D eigenvalue weighted by molar-refractivity contribution is 0.454. The lowest BCUT2D eigenvalue weighted by Gasteiger charge is -1.95. The Hall–Kier alpha value is -0.440. The summed E-state index contributed by atoms with van der Waals surface area (Å²) in [6.45, 7) is 4.14. The largest absolute Gasteiger partial charge is 0.445 e. The molecule has 0 N–H and O–H groups in total. The maximum absolute atomic E-state index is 5.31. The van der Waals surface area contributed by atoms with E-state index in [-0.39, 0.29) is 0 Å². The monoisotopic (exact) mass is 157 g/mol. The van der Waals surface area contributed by atoms with Gasteiger partial charge in [0.1, 0.15) is 5.76 Å². The first-order chi connectivity index (χ1) is 4.74. The maximum atomic E-state index is 5.31. The zero-order valence-corrected chi connectivity index (χ0v) is 7.06. The quantitative estimate of drug-likeness (QED) is 0.666. The van der Waals surface area contributed by atoms with Crippen molar-refractivity contribution in [2.75, 3.05) is 0 Å². The van der Waals surface area contributed by atoms with Gasteiger partial charge in [-0.1, -0.05) is 13.8 Å². The van der Waals surface area contributed by atoms with Crippen LogP contribution in [-0.4, -0.2) is 4.98 Å². The van der Waals surface area contributed by atoms with Gasteiger partial charge in [-0.2, -0.15) is 12.6 Å². The van der Waals surface area contributed by atoms with Crippen LogP contribution in [0.4, 0.5) is 0 Å². The molecule has 0 aliphatic carbocycles. The van der Waals surface area contributed by atoms with Crippen molar-refractivity contribution in [3.05, 3.63) is 17.8 Å². The summed E-state index contributed by atoms with van der Waals surface area (Å²) < 4.78 is 5.31. The van der Waals surface area contributed by atoms with Crippen molar-refractivity contribution in [2.45, 2.75) is 25.5 Å². The smallest absolute Gasteiger partial charge is 0.204 e. The molecule has 1 aromatic rings. The van der Waals surface area contributed by atoms with Gasteiger partial charge in [0.2, 0.25) is 5.89 Å². The summed E-state index contributed by atoms with van der Waals surface area (Å²) in [5.41, 5.74) is 0. The average molecular weight is 157 g/mol. The van der Waals surface area contributed by atoms with Crippen LogP contribution >= 0.6 is 12.6 Å². The molecule has 0 aliphatic rings. The first-order valence-corrected chi connectivity index (χ1v) is 3.92. The molecule has 1 heterocycles. The fourth-order valence-corrected chi connectivity index (χ4v) is 0.811. The molecule has 3 heteroatoms. The van der Waals surface area contributed by atoms with Gasteiger partial charge < -0.3 is 4.42 Å². The third-order valence-electron chi connectivity index (χ3n) is 1.28. The fourth-order valence-electron chi connectivity index (χ4n) is 0.664. The summed E-state index contributed by atoms with van der Waals surface area (Å²) >= 11 is 4.04. The number of thiol groups is 1. The van der Waals surface area contributed by atoms with Crippen LogP contribution in [0.25, 0.3) is 0 Å². The second-order valence-electron chi connectivity index (χ2n) is 2.47. The summed E-state index contributed by atoms with van der Waals surface area (Å²) in [6.07, 6.45) is 1.76. The summed E-state index contributed by atoms with van der Waals surface area (Å²) in [6, 6.07) is 0. The van der Waals surface area contributed by atoms with Crippen LogP contribution in [0, 0.1) is 0 Å². The van der Waals surface area contributed by atoms with Crippen LogP contribution in [-0.2, 0) is 5.75 Å². The predicted molar refractivity (Wildman–Crippen MR) is 43.3 cm³/mol. The van der Waals surface area contributed by atoms with Gasteiger partial charge in [-0.25, -0.2) is 4.98 Å². The van der Waals surface area contributed by atoms with Crippen molar-refractivity contribution in [3.8, 4) is 0 Å². The zero-order chi connectivity index (χ0) is 7.56. The Kier molecular flexibility index (Phi) is 2.38. The summed E-state index contributed by atoms with van der Waals surface area (Å²) in [5, 5.41) is 0. The van der Waals surface area contributed by atoms with Crippen molar-refractivity contribution in [2.24, 2.45) is 0 Å². The van der Waals surface area contributed by atoms with Gasteiger partial charge in [0, 0.05) is 5.92 Å². The van der Waals surface area contributed by atoms with Gasteiger partial charge in [0.15, 0.2) is 0 Å². The van der Waals surface area contributed by atoms with Crippen molar-refractivity contribution < 1.29 is 4.42 Å². The molecule has 0 fully saturated rings. The molecule has 0 spiro atoms. The van der Waals surface area contributed by atoms with Crippen LogP contribution in [0.3, 0.4) is 0 Å². The van der Waals surface area contributed by atoms with Crippen molar-refractivity contribution in [3.63, 3.8) is 0 Å². The second-order valence-corrected chi connectivity index (χ2v) is 2.79. The summed E-state index contributed by atoms with van der Waals surface area (Å²) in [4.78, 5) is 4.01. The number of aromatic nitrogens is 1. The van der Waals surface area contributed by atoms with E-state index >= 15 is 0 Å². The SMILES string of the molecule is CC(C)c1cnc(CS)o1. The van der Waals surface area contributed by atoms with E-state index in [9.17, 15) is 0 Å². The Morgan fingerprint density at radius 3 is 2.70 bits per heavy atom. The Morgan fingerprint density at radius 2 is 2.40 bits per heavy atom. The highest BCUT2D eigenvalue weighted by atomic mass is 32.1. The molecule has 10 heavy (non-hydrogen) atoms. The van der Waals surface area contributed by atoms with E-state index in [1.165, 1.54) is 0 Å². The van der Waals surface area contributed by atoms with Crippen molar-refractivity contribution in [1.82, 2.24) is 4.98 Å². The molecule has 2 nitrogen and oxygen atoms in total. The summed E-state index contributed by atoms with van der Waals surface area (Å²) in [7, 11) is 0. The van der Waals surface area contributed by atoms with E-state index in [0.29, 0.717) is 17.6 Å². The minimum Gasteiger partial charge on any atom is -0.445 e. The number of hydrogen-bond acceptors (Lipinski definition) is 3. The van der Waals surface area contributed by atoms with Gasteiger partial charge in [-0.3, -0.25) is 0 Å². The van der Waals surface area contributed by atoms with Crippen molar-refractivity contribution in [1.29, 1.82) is 0 Å². The highest BCUT2D eigenvalue weighted by Gasteiger charge is 2.04. The molecule has 1 rings (SSSR count). The minimum atomic E-state index is 0.418. The molecule has 0 aliphatic heterocycles. The van der Waals surface area contributed by atoms with Crippen LogP contribution in [0.15, 0.2) is 10.6 Å². The highest BCUT2D eigenvalue weighted by molar-refractivity contribution is 7.79. The number of oxazole rings is 1. The van der Waals surface area contributed by atoms with Gasteiger partial charge >= 0.3 is 0 Å². The van der Waals surface area contributed by atoms with E-state index < -0.39 is 0 Å². The maximum Gasteiger partial charge on any atom is 0.204 e. The molecule has 0 radical (unpaired) electrons. The van der Waals surface area contributed by atoms with E-state index in [2.05, 4.69) is 31.5 Å². The standard InChI is InChI=1S/C7H11NOS/c1-5(2)6-3-8-7(4-10)9-6/h3,5,10H,4H2,1-2H3. The predicted octanol–water partition coefficient (Wildman–Crippen LogP) is 2.23. The van der Waals surface area contributed by atoms with Crippen LogP contribution in [0.2, 0.25) is 0 Å². The molecule has 0 amide bonds. The zero-order valence-electron chi connectivity index (χ0n) is 6.16. The minimum absolute atomic E-state index is 0.418. The normalized spacial score (nSPS) is 10.8. The first-order valence-electron chi connectivity index (χ1n) is 3.29. The lowest BCUT2D eigenvalue weighted by Crippen LogP contribution is -1.80. The Morgan fingerprint density at radius 1 is 1.70 bits per heavy atom. The molecule has 1 aromatic heterocycles. The Labute approximate surface area is 66.1 Å². The fraction of sp³-hybridized carbons (Fsp3) is 0.571. The Balaban J connectivity index is 2.78. The van der Waals surface area contributed by atoms with Crippen LogP contribution < -0.4 is 0 Å². The second kappa shape index (κ2) is 3.10. The number of rotatable bonds is 2. The molecule has 0 bridgehead atoms. The third-order valence-corrected chi connectivity index (χ3v) is 1.55. The van der Waals surface area contributed by atoms with Gasteiger partial charge in [0.25, 0.3) is 0 Å². The van der Waals surface area contributed by atoms with E-state index in [1.54, 1.807) is 6.20 Å². The molecule has 0 saturated heterocycles. The summed E-state index contributed by atoms with van der Waals surface area (Å²) in [5.74, 6) is 2.63. The number of nitrogens with zero attached hydrogens (tertiary/aromatic N) is 1. The van der Waals surface area contributed by atoms with Gasteiger partial charge in [-0.15, -0.1) is 0 Å². The molecule has 0 saturated carbocycles.